The summed E-state index contributed by atoms with van der Waals surface area (Å²) in [6, 6.07) is 21.6. The third-order valence-corrected chi connectivity index (χ3v) is 6.16. The predicted molar refractivity (Wildman–Crippen MR) is 126 cm³/mol. The molecule has 5 aromatic rings. The van der Waals surface area contributed by atoms with Crippen molar-refractivity contribution in [2.45, 2.75) is 17.8 Å². The molecule has 6 nitrogen and oxygen atoms in total. The molecule has 2 heterocycles. The lowest BCUT2D eigenvalue weighted by Crippen LogP contribution is -2.01. The number of rotatable bonds is 6. The number of hydrogen-bond acceptors (Lipinski definition) is 6. The maximum absolute atomic E-state index is 14.6. The molecule has 33 heavy (non-hydrogen) atoms. The van der Waals surface area contributed by atoms with Gasteiger partial charge in [-0.25, -0.2) is 4.39 Å². The molecule has 0 saturated heterocycles. The number of para-hydroxylation sites is 1. The predicted octanol–water partition coefficient (Wildman–Crippen LogP) is 6.38. The van der Waals surface area contributed by atoms with Gasteiger partial charge in [0.1, 0.15) is 5.82 Å². The molecule has 0 N–H and O–H groups in total. The summed E-state index contributed by atoms with van der Waals surface area (Å²) < 4.78 is 22.1. The van der Waals surface area contributed by atoms with Crippen molar-refractivity contribution in [2.24, 2.45) is 0 Å². The van der Waals surface area contributed by atoms with Crippen molar-refractivity contribution in [3.63, 3.8) is 0 Å². The van der Waals surface area contributed by atoms with Crippen LogP contribution in [0.5, 0.6) is 0 Å². The van der Waals surface area contributed by atoms with E-state index >= 15 is 0 Å². The van der Waals surface area contributed by atoms with Crippen LogP contribution in [0.25, 0.3) is 28.5 Å². The molecule has 0 fully saturated rings. The second-order valence-electron chi connectivity index (χ2n) is 7.23. The van der Waals surface area contributed by atoms with Crippen LogP contribution in [0.3, 0.4) is 0 Å². The van der Waals surface area contributed by atoms with Crippen LogP contribution < -0.4 is 0 Å². The van der Waals surface area contributed by atoms with Gasteiger partial charge < -0.3 is 4.42 Å². The van der Waals surface area contributed by atoms with E-state index in [1.165, 1.54) is 17.8 Å². The zero-order valence-corrected chi connectivity index (χ0v) is 19.0. The van der Waals surface area contributed by atoms with E-state index in [0.29, 0.717) is 44.8 Å². The molecule has 2 aromatic heterocycles. The second-order valence-corrected chi connectivity index (χ2v) is 8.58. The lowest BCUT2D eigenvalue weighted by atomic mass is 10.1. The Morgan fingerprint density at radius 1 is 0.909 bits per heavy atom. The average molecular weight is 478 g/mol. The van der Waals surface area contributed by atoms with Crippen molar-refractivity contribution in [3.05, 3.63) is 95.1 Å². The van der Waals surface area contributed by atoms with Crippen molar-refractivity contribution < 1.29 is 8.81 Å². The first-order chi connectivity index (χ1) is 16.1. The molecule has 164 valence electrons. The van der Waals surface area contributed by atoms with Crippen LogP contribution in [0.15, 0.2) is 82.4 Å². The van der Waals surface area contributed by atoms with Gasteiger partial charge in [0.2, 0.25) is 11.8 Å². The third kappa shape index (κ3) is 4.40. The number of nitrogens with zero attached hydrogens (tertiary/aromatic N) is 5. The molecule has 0 atom stereocenters. The number of aromatic nitrogens is 5. The Hall–Kier alpha value is -3.49. The minimum absolute atomic E-state index is 0.330. The fraction of sp³-hybridized carbons (Fsp3) is 0.0833. The maximum Gasteiger partial charge on any atom is 0.247 e. The molecule has 5 rings (SSSR count). The van der Waals surface area contributed by atoms with Crippen LogP contribution in [-0.2, 0) is 5.75 Å². The third-order valence-electron chi connectivity index (χ3n) is 4.93. The Morgan fingerprint density at radius 2 is 1.67 bits per heavy atom. The summed E-state index contributed by atoms with van der Waals surface area (Å²) in [6.45, 7) is 2.02. The summed E-state index contributed by atoms with van der Waals surface area (Å²) in [5.74, 6) is 1.21. The molecule has 0 saturated carbocycles. The first-order valence-corrected chi connectivity index (χ1v) is 11.4. The number of hydrogen-bond donors (Lipinski definition) is 0. The zero-order valence-electron chi connectivity index (χ0n) is 17.4. The summed E-state index contributed by atoms with van der Waals surface area (Å²) >= 11 is 7.81. The molecule has 0 amide bonds. The van der Waals surface area contributed by atoms with Gasteiger partial charge in [0, 0.05) is 5.56 Å². The topological polar surface area (TPSA) is 69.6 Å². The molecular weight excluding hydrogens is 461 g/mol. The maximum atomic E-state index is 14.6. The van der Waals surface area contributed by atoms with Crippen molar-refractivity contribution in [1.29, 1.82) is 0 Å². The highest BCUT2D eigenvalue weighted by Gasteiger charge is 2.21. The number of aryl methyl sites for hydroxylation is 1. The first kappa shape index (κ1) is 21.4. The van der Waals surface area contributed by atoms with Gasteiger partial charge in [-0.3, -0.25) is 4.57 Å². The lowest BCUT2D eigenvalue weighted by Gasteiger charge is -2.12. The highest BCUT2D eigenvalue weighted by atomic mass is 35.5. The quantitative estimate of drug-likeness (QED) is 0.264. The highest BCUT2D eigenvalue weighted by molar-refractivity contribution is 7.98. The normalized spacial score (nSPS) is 11.1. The van der Waals surface area contributed by atoms with E-state index in [1.807, 2.05) is 49.4 Å². The summed E-state index contributed by atoms with van der Waals surface area (Å²) in [5.41, 5.74) is 2.98. The molecule has 0 bridgehead atoms. The van der Waals surface area contributed by atoms with Crippen molar-refractivity contribution >= 4 is 23.4 Å². The van der Waals surface area contributed by atoms with E-state index in [-0.39, 0.29) is 0 Å². The van der Waals surface area contributed by atoms with Gasteiger partial charge in [0.05, 0.1) is 22.0 Å². The molecule has 9 heteroatoms. The molecule has 3 aromatic carbocycles. The van der Waals surface area contributed by atoms with Crippen molar-refractivity contribution in [1.82, 2.24) is 25.0 Å². The molecule has 0 aliphatic rings. The molecular formula is C24H17ClFN5OS. The molecule has 0 spiro atoms. The van der Waals surface area contributed by atoms with Crippen LogP contribution >= 0.6 is 23.4 Å². The standard InChI is InChI=1S/C24H17ClFN5OS/c1-15-10-12-16(13-11-15)23-29-27-21(32-23)14-33-24-30-28-22(17-6-2-4-8-19(17)26)31(24)20-9-5-3-7-18(20)25/h2-13H,14H2,1H3. The van der Waals surface area contributed by atoms with E-state index in [4.69, 9.17) is 16.0 Å². The summed E-state index contributed by atoms with van der Waals surface area (Å²) in [5, 5.41) is 17.9. The number of benzene rings is 3. The van der Waals surface area contributed by atoms with Gasteiger partial charge in [-0.2, -0.15) is 0 Å². The van der Waals surface area contributed by atoms with Gasteiger partial charge in [0.25, 0.3) is 0 Å². The van der Waals surface area contributed by atoms with E-state index in [9.17, 15) is 4.39 Å². The summed E-state index contributed by atoms with van der Waals surface area (Å²) in [7, 11) is 0. The molecule has 0 aliphatic heterocycles. The van der Waals surface area contributed by atoms with Crippen LogP contribution in [-0.4, -0.2) is 25.0 Å². The van der Waals surface area contributed by atoms with Crippen molar-refractivity contribution in [2.75, 3.05) is 0 Å². The largest absolute Gasteiger partial charge is 0.420 e. The summed E-state index contributed by atoms with van der Waals surface area (Å²) in [6.07, 6.45) is 0. The first-order valence-electron chi connectivity index (χ1n) is 10.1. The Morgan fingerprint density at radius 3 is 2.45 bits per heavy atom. The Balaban J connectivity index is 1.47. The van der Waals surface area contributed by atoms with E-state index < -0.39 is 5.82 Å². The van der Waals surface area contributed by atoms with Gasteiger partial charge in [-0.15, -0.1) is 20.4 Å². The van der Waals surface area contributed by atoms with Gasteiger partial charge in [-0.1, -0.05) is 65.3 Å². The smallest absolute Gasteiger partial charge is 0.247 e. The SMILES string of the molecule is Cc1ccc(-c2nnc(CSc3nnc(-c4ccccc4F)n3-c3ccccc3Cl)o2)cc1. The van der Waals surface area contributed by atoms with Crippen LogP contribution in [0, 0.1) is 12.7 Å². The van der Waals surface area contributed by atoms with E-state index in [0.717, 1.165) is 11.1 Å². The van der Waals surface area contributed by atoms with E-state index in [1.54, 1.807) is 28.8 Å². The second kappa shape index (κ2) is 9.17. The fourth-order valence-electron chi connectivity index (χ4n) is 3.28. The Labute approximate surface area is 198 Å². The molecule has 0 unspecified atom stereocenters. The Bertz CT molecular complexity index is 1420. The number of thioether (sulfide) groups is 1. The molecule has 0 radical (unpaired) electrons. The lowest BCUT2D eigenvalue weighted by molar-refractivity contribution is 0.528. The van der Waals surface area contributed by atoms with Gasteiger partial charge in [-0.05, 0) is 43.3 Å². The zero-order chi connectivity index (χ0) is 22.8. The number of halogens is 2. The van der Waals surface area contributed by atoms with E-state index in [2.05, 4.69) is 20.4 Å². The molecule has 0 aliphatic carbocycles. The minimum atomic E-state index is -0.394. The van der Waals surface area contributed by atoms with Crippen LogP contribution in [0.1, 0.15) is 11.5 Å². The minimum Gasteiger partial charge on any atom is -0.420 e. The van der Waals surface area contributed by atoms with Crippen LogP contribution in [0.4, 0.5) is 4.39 Å². The van der Waals surface area contributed by atoms with Crippen LogP contribution in [0.2, 0.25) is 5.02 Å². The fourth-order valence-corrected chi connectivity index (χ4v) is 4.28. The monoisotopic (exact) mass is 477 g/mol. The summed E-state index contributed by atoms with van der Waals surface area (Å²) in [4.78, 5) is 0. The van der Waals surface area contributed by atoms with Gasteiger partial charge in [0.15, 0.2) is 11.0 Å². The van der Waals surface area contributed by atoms with Gasteiger partial charge >= 0.3 is 0 Å². The Kier molecular flexibility index (Phi) is 5.93. The van der Waals surface area contributed by atoms with Crippen molar-refractivity contribution in [3.8, 4) is 28.5 Å². The highest BCUT2D eigenvalue weighted by Crippen LogP contribution is 2.33. The average Bonchev–Trinajstić information content (AvgIpc) is 3.46.